The van der Waals surface area contributed by atoms with E-state index in [2.05, 4.69) is 9.97 Å². The maximum atomic E-state index is 6.02. The highest BCUT2D eigenvalue weighted by atomic mass is 16.3. The molecule has 3 rings (SSSR count). The van der Waals surface area contributed by atoms with Gasteiger partial charge in [-0.3, -0.25) is 4.57 Å². The van der Waals surface area contributed by atoms with Gasteiger partial charge in [-0.15, -0.1) is 0 Å². The van der Waals surface area contributed by atoms with Crippen molar-refractivity contribution in [2.75, 3.05) is 5.73 Å². The minimum Gasteiger partial charge on any atom is -0.464 e. The molecule has 5 nitrogen and oxygen atoms in total. The molecule has 98 valence electrons. The van der Waals surface area contributed by atoms with Gasteiger partial charge in [-0.25, -0.2) is 9.97 Å². The fraction of sp³-hybridized carbons (Fsp3) is 0.286. The molecule has 19 heavy (non-hydrogen) atoms. The number of aromatic nitrogens is 3. The van der Waals surface area contributed by atoms with Gasteiger partial charge in [0.05, 0.1) is 6.04 Å². The molecule has 0 aromatic carbocycles. The third-order valence-electron chi connectivity index (χ3n) is 3.25. The smallest absolute Gasteiger partial charge is 0.203 e. The maximum absolute atomic E-state index is 6.02. The number of nitrogens with two attached hydrogens (primary N) is 1. The lowest BCUT2D eigenvalue weighted by atomic mass is 10.2. The van der Waals surface area contributed by atoms with E-state index >= 15 is 0 Å². The SMILES string of the molecule is Cc1cnc2c(c1)nc(N)n2C(C)c1ccc(C)o1. The Kier molecular flexibility index (Phi) is 2.55. The number of hydrogen-bond acceptors (Lipinski definition) is 4. The zero-order valence-electron chi connectivity index (χ0n) is 11.2. The van der Waals surface area contributed by atoms with Crippen LogP contribution in [0.5, 0.6) is 0 Å². The van der Waals surface area contributed by atoms with Gasteiger partial charge < -0.3 is 10.2 Å². The Hall–Kier alpha value is -2.30. The quantitative estimate of drug-likeness (QED) is 0.765. The van der Waals surface area contributed by atoms with E-state index in [-0.39, 0.29) is 6.04 Å². The molecule has 1 atom stereocenters. The van der Waals surface area contributed by atoms with Crippen LogP contribution >= 0.6 is 0 Å². The molecule has 0 amide bonds. The van der Waals surface area contributed by atoms with Crippen LogP contribution in [-0.2, 0) is 0 Å². The maximum Gasteiger partial charge on any atom is 0.203 e. The summed E-state index contributed by atoms with van der Waals surface area (Å²) in [6.07, 6.45) is 1.82. The molecular weight excluding hydrogens is 240 g/mol. The second kappa shape index (κ2) is 4.12. The van der Waals surface area contributed by atoms with Crippen LogP contribution in [0.3, 0.4) is 0 Å². The van der Waals surface area contributed by atoms with Gasteiger partial charge in [0.25, 0.3) is 0 Å². The highest BCUT2D eigenvalue weighted by Gasteiger charge is 2.19. The molecule has 3 aromatic rings. The van der Waals surface area contributed by atoms with E-state index in [4.69, 9.17) is 10.2 Å². The van der Waals surface area contributed by atoms with Crippen LogP contribution in [0.2, 0.25) is 0 Å². The topological polar surface area (TPSA) is 69.9 Å². The minimum absolute atomic E-state index is 0.0334. The lowest BCUT2D eigenvalue weighted by Crippen LogP contribution is -2.10. The molecule has 3 heterocycles. The van der Waals surface area contributed by atoms with Crippen LogP contribution in [0.25, 0.3) is 11.2 Å². The first kappa shape index (κ1) is 11.8. The molecule has 0 aliphatic carbocycles. The number of pyridine rings is 1. The summed E-state index contributed by atoms with van der Waals surface area (Å²) in [7, 11) is 0. The number of rotatable bonds is 2. The van der Waals surface area contributed by atoms with E-state index in [1.807, 2.05) is 49.7 Å². The number of aryl methyl sites for hydroxylation is 2. The second-order valence-corrected chi connectivity index (χ2v) is 4.82. The Balaban J connectivity index is 2.16. The molecule has 0 radical (unpaired) electrons. The molecule has 0 aliphatic heterocycles. The highest BCUT2D eigenvalue weighted by molar-refractivity contribution is 5.75. The summed E-state index contributed by atoms with van der Waals surface area (Å²) in [6.45, 7) is 5.94. The number of anilines is 1. The van der Waals surface area contributed by atoms with E-state index < -0.39 is 0 Å². The Morgan fingerprint density at radius 1 is 1.32 bits per heavy atom. The van der Waals surface area contributed by atoms with Gasteiger partial charge in [0.1, 0.15) is 17.0 Å². The van der Waals surface area contributed by atoms with Crippen molar-refractivity contribution < 1.29 is 4.42 Å². The lowest BCUT2D eigenvalue weighted by molar-refractivity contribution is 0.434. The molecule has 1 unspecified atom stereocenters. The molecule has 3 aromatic heterocycles. The van der Waals surface area contributed by atoms with Crippen LogP contribution < -0.4 is 5.73 Å². The fourth-order valence-electron chi connectivity index (χ4n) is 2.29. The van der Waals surface area contributed by atoms with Gasteiger partial charge in [-0.05, 0) is 44.5 Å². The third kappa shape index (κ3) is 1.87. The van der Waals surface area contributed by atoms with Gasteiger partial charge in [-0.2, -0.15) is 0 Å². The van der Waals surface area contributed by atoms with E-state index in [0.717, 1.165) is 28.2 Å². The zero-order chi connectivity index (χ0) is 13.6. The lowest BCUT2D eigenvalue weighted by Gasteiger charge is -2.12. The fourth-order valence-corrected chi connectivity index (χ4v) is 2.29. The van der Waals surface area contributed by atoms with Crippen molar-refractivity contribution in [3.63, 3.8) is 0 Å². The van der Waals surface area contributed by atoms with E-state index in [1.54, 1.807) is 0 Å². The van der Waals surface area contributed by atoms with Crippen molar-refractivity contribution in [1.29, 1.82) is 0 Å². The average molecular weight is 256 g/mol. The first-order chi connectivity index (χ1) is 9.06. The number of nitrogens with zero attached hydrogens (tertiary/aromatic N) is 3. The average Bonchev–Trinajstić information content (AvgIpc) is 2.91. The van der Waals surface area contributed by atoms with Crippen LogP contribution in [0.15, 0.2) is 28.8 Å². The summed E-state index contributed by atoms with van der Waals surface area (Å²) >= 11 is 0. The van der Waals surface area contributed by atoms with Crippen molar-refractivity contribution in [1.82, 2.24) is 14.5 Å². The number of nitrogen functional groups attached to an aromatic ring is 1. The second-order valence-electron chi connectivity index (χ2n) is 4.82. The Morgan fingerprint density at radius 3 is 2.79 bits per heavy atom. The van der Waals surface area contributed by atoms with Gasteiger partial charge in [0.15, 0.2) is 5.65 Å². The number of furan rings is 1. The molecule has 0 saturated heterocycles. The molecule has 0 spiro atoms. The van der Waals surface area contributed by atoms with Crippen molar-refractivity contribution >= 4 is 17.1 Å². The van der Waals surface area contributed by atoms with Crippen molar-refractivity contribution in [3.8, 4) is 0 Å². The van der Waals surface area contributed by atoms with Gasteiger partial charge in [-0.1, -0.05) is 0 Å². The highest BCUT2D eigenvalue weighted by Crippen LogP contribution is 2.27. The van der Waals surface area contributed by atoms with Crippen molar-refractivity contribution in [3.05, 3.63) is 41.5 Å². The summed E-state index contributed by atoms with van der Waals surface area (Å²) in [4.78, 5) is 8.80. The standard InChI is InChI=1S/C14H16N4O/c1-8-6-11-13(16-7-8)18(14(15)17-11)10(3)12-5-4-9(2)19-12/h4-7,10H,1-3H3,(H2,15,17). The van der Waals surface area contributed by atoms with Crippen molar-refractivity contribution in [2.24, 2.45) is 0 Å². The predicted molar refractivity (Wildman–Crippen MR) is 73.9 cm³/mol. The van der Waals surface area contributed by atoms with E-state index in [1.165, 1.54) is 0 Å². The summed E-state index contributed by atoms with van der Waals surface area (Å²) in [6, 6.07) is 5.85. The van der Waals surface area contributed by atoms with E-state index in [0.29, 0.717) is 5.95 Å². The van der Waals surface area contributed by atoms with Gasteiger partial charge in [0, 0.05) is 6.20 Å². The number of fused-ring (bicyclic) bond motifs is 1. The first-order valence-corrected chi connectivity index (χ1v) is 6.22. The Labute approximate surface area is 111 Å². The monoisotopic (exact) mass is 256 g/mol. The molecule has 0 fully saturated rings. The third-order valence-corrected chi connectivity index (χ3v) is 3.25. The number of imidazole rings is 1. The van der Waals surface area contributed by atoms with E-state index in [9.17, 15) is 0 Å². The van der Waals surface area contributed by atoms with Gasteiger partial charge in [0.2, 0.25) is 5.95 Å². The Bertz CT molecular complexity index is 741. The molecule has 2 N–H and O–H groups in total. The molecule has 0 bridgehead atoms. The summed E-state index contributed by atoms with van der Waals surface area (Å²) in [5.41, 5.74) is 8.68. The van der Waals surface area contributed by atoms with Gasteiger partial charge >= 0.3 is 0 Å². The van der Waals surface area contributed by atoms with Crippen LogP contribution in [0, 0.1) is 13.8 Å². The first-order valence-electron chi connectivity index (χ1n) is 6.22. The minimum atomic E-state index is -0.0334. The zero-order valence-corrected chi connectivity index (χ0v) is 11.2. The molecular formula is C14H16N4O. The van der Waals surface area contributed by atoms with Crippen LogP contribution in [0.1, 0.15) is 30.0 Å². The molecule has 5 heteroatoms. The summed E-state index contributed by atoms with van der Waals surface area (Å²) in [5.74, 6) is 2.19. The van der Waals surface area contributed by atoms with Crippen molar-refractivity contribution in [2.45, 2.75) is 26.8 Å². The predicted octanol–water partition coefficient (Wildman–Crippen LogP) is 2.83. The summed E-state index contributed by atoms with van der Waals surface area (Å²) in [5, 5.41) is 0. The van der Waals surface area contributed by atoms with Crippen LogP contribution in [0.4, 0.5) is 5.95 Å². The van der Waals surface area contributed by atoms with Crippen LogP contribution in [-0.4, -0.2) is 14.5 Å². The largest absolute Gasteiger partial charge is 0.464 e. The Morgan fingerprint density at radius 2 is 2.11 bits per heavy atom. The molecule has 0 aliphatic rings. The molecule has 0 saturated carbocycles. The number of hydrogen-bond donors (Lipinski definition) is 1. The normalized spacial score (nSPS) is 13.0. The summed E-state index contributed by atoms with van der Waals surface area (Å²) < 4.78 is 7.56.